The van der Waals surface area contributed by atoms with E-state index in [4.69, 9.17) is 72.8 Å². The number of esters is 5. The first-order valence-electron chi connectivity index (χ1n) is 33.8. The van der Waals surface area contributed by atoms with Crippen molar-refractivity contribution < 1.29 is 137 Å². The van der Waals surface area contributed by atoms with E-state index in [1.165, 1.54) is 40.7 Å². The molecule has 0 radical (unpaired) electrons. The molecule has 7 aliphatic heterocycles. The van der Waals surface area contributed by atoms with E-state index in [1.807, 2.05) is 19.1 Å². The number of aliphatic hydroxyl groups excluding tert-OH is 5. The molecule has 0 aliphatic carbocycles. The summed E-state index contributed by atoms with van der Waals surface area (Å²) < 4.78 is 62.5. The van der Waals surface area contributed by atoms with E-state index in [-0.39, 0.29) is 111 Å². The normalized spacial score (nSPS) is 22.1. The number of nitrogens with two attached hydrogens (primary N) is 1. The Bertz CT molecular complexity index is 3990. The molecule has 7 heterocycles. The molecule has 34 heteroatoms. The molecule has 590 valence electrons. The fraction of sp³-hybridized carbons (Fsp3) is 0.459. The Balaban J connectivity index is 0.000000237. The zero-order valence-corrected chi connectivity index (χ0v) is 61.4. The highest BCUT2D eigenvalue weighted by atomic mass is 16.6. The lowest BCUT2D eigenvalue weighted by Gasteiger charge is -2.19. The number of nitrogens with one attached hydrogen (secondary N) is 2. The number of aliphatic hydroxyl groups is 5. The van der Waals surface area contributed by atoms with Gasteiger partial charge in [-0.1, -0.05) is 30.3 Å². The maximum absolute atomic E-state index is 12.2. The number of hydrogen-bond acceptors (Lipinski definition) is 31. The lowest BCUT2D eigenvalue weighted by molar-refractivity contribution is -0.157. The number of aromatic hydroxyl groups is 2. The van der Waals surface area contributed by atoms with E-state index in [0.29, 0.717) is 112 Å². The number of fused-ring (bicyclic) bond motifs is 1. The average Bonchev–Trinajstić information content (AvgIpc) is 1.68. The molecule has 0 bridgehead atoms. The van der Waals surface area contributed by atoms with Crippen molar-refractivity contribution in [3.8, 4) is 28.7 Å². The highest BCUT2D eigenvalue weighted by Gasteiger charge is 2.38. The molecule has 0 saturated carbocycles. The summed E-state index contributed by atoms with van der Waals surface area (Å²) in [4.78, 5) is 92.9. The molecular weight excluding hydrogens is 1420 g/mol. The molecular formula is C74H96N6O28. The highest BCUT2D eigenvalue weighted by molar-refractivity contribution is 6.00. The fourth-order valence-corrected chi connectivity index (χ4v) is 10.9. The Kier molecular flexibility index (Phi) is 34.8. The summed E-state index contributed by atoms with van der Waals surface area (Å²) >= 11 is 0. The fourth-order valence-electron chi connectivity index (χ4n) is 10.9. The molecule has 5 aromatic rings. The van der Waals surface area contributed by atoms with Crippen molar-refractivity contribution in [2.75, 3.05) is 79.3 Å². The van der Waals surface area contributed by atoms with Crippen molar-refractivity contribution in [2.45, 2.75) is 142 Å². The Morgan fingerprint density at radius 3 is 1.37 bits per heavy atom. The lowest BCUT2D eigenvalue weighted by atomic mass is 10.1. The number of carbonyl (C=O) groups is 7. The standard InChI is InChI=1S/C18H21NO7.C14H17NO5.C14H15NO4.2C12H15NO4.C4H9NO2.2H2O/c1-10-14(6-5-7-16(10)25-12(3)21)18-19-15(8-24-18)17(26-13(4)22)9-23-11(2)20;1-8-10(4-3-5-13(8)20-9(2)16)14(18)15-11-6-19-7-12(11)17;1-8-10(4-3-5-12(8)18-9(2)16)14-15-11-6-17-7-13(11)19-14;1-7-8(3-2-4-10(7)15)12-13-9(6-17-12)11(16)5-14;1-7-8(3-2-4-10(7)14)12(16)13-9-5-17-6-11(9)15;5-3-1-7-2-4(3)6;;/h5-7,15,17H,8-9H2,1-4H3;3-5,11-12,17H,6-7H2,1-2H3,(H,15,18);3-5,11,13H,6-7H2,1-2H3;2-4,9,11,14-16H,5-6H2,1H3;2-4,9,11,14-15H,5-6H2,1H3,(H,13,16);3-4,6H,1-2,5H2;2*1H2/t15-,17+;11?,12-;11-,13?;9-,11+;;3-,4-;;/m0000.0../s1. The molecule has 4 fully saturated rings. The van der Waals surface area contributed by atoms with Gasteiger partial charge in [-0.3, -0.25) is 33.6 Å². The van der Waals surface area contributed by atoms with Crippen LogP contribution in [-0.4, -0.2) is 253 Å². The molecule has 2 amide bonds. The summed E-state index contributed by atoms with van der Waals surface area (Å²) in [6.07, 6.45) is -3.43. The number of benzene rings is 5. The number of phenolic OH excluding ortho intramolecular Hbond substituents is 2. The van der Waals surface area contributed by atoms with Crippen LogP contribution < -0.4 is 30.6 Å². The van der Waals surface area contributed by atoms with Crippen LogP contribution in [0.25, 0.3) is 0 Å². The van der Waals surface area contributed by atoms with Crippen molar-refractivity contribution >= 4 is 59.4 Å². The Hall–Kier alpha value is -10.1. The first-order valence-corrected chi connectivity index (χ1v) is 33.8. The van der Waals surface area contributed by atoms with Crippen LogP contribution in [0.1, 0.15) is 99.8 Å². The summed E-state index contributed by atoms with van der Waals surface area (Å²) in [6, 6.07) is 23.6. The highest BCUT2D eigenvalue weighted by Crippen LogP contribution is 2.31. The molecule has 0 spiro atoms. The van der Waals surface area contributed by atoms with Gasteiger partial charge in [0.05, 0.1) is 95.9 Å². The van der Waals surface area contributed by atoms with Gasteiger partial charge in [-0.05, 0) is 95.3 Å². The van der Waals surface area contributed by atoms with Gasteiger partial charge in [-0.25, -0.2) is 15.0 Å². The van der Waals surface area contributed by atoms with Crippen LogP contribution in [0.3, 0.4) is 0 Å². The lowest BCUT2D eigenvalue weighted by Crippen LogP contribution is -2.42. The maximum atomic E-state index is 12.2. The Morgan fingerprint density at radius 1 is 0.500 bits per heavy atom. The second kappa shape index (κ2) is 42.5. The average molecular weight is 1520 g/mol. The minimum Gasteiger partial charge on any atom is -0.870 e. The Labute approximate surface area is 622 Å². The van der Waals surface area contributed by atoms with Gasteiger partial charge < -0.3 is 120 Å². The number of phenols is 2. The minimum atomic E-state index is -0.912. The van der Waals surface area contributed by atoms with Crippen molar-refractivity contribution in [1.29, 1.82) is 0 Å². The number of rotatable bonds is 16. The van der Waals surface area contributed by atoms with E-state index in [1.54, 1.807) is 100 Å². The number of ether oxygens (including phenoxy) is 12. The SMILES string of the molecule is CC(=O)OC[C@@H](OC(C)=O)[C@@H]1COC(c2cccc(OC(C)=O)c2C)=N1.CC(=O)Oc1cccc(C(=O)NC2COC[C@@H]2O)c1C.CC(=O)Oc1cccc(C2=N[C@H]3COCC3O2)c1C.Cc1c(O)cccc1C(=O)NC1COCC1O.Cc1c(O)cccc1C1=N[C@H]([C@H](O)CO)CO1.N[C@H]1COC[C@@H]1O.[OH-].[OH3+]. The van der Waals surface area contributed by atoms with E-state index in [2.05, 4.69) is 25.6 Å². The van der Waals surface area contributed by atoms with Crippen molar-refractivity contribution in [1.82, 2.24) is 10.6 Å². The number of aliphatic imine (C=N–C) groups is 3. The van der Waals surface area contributed by atoms with E-state index < -0.39 is 72.5 Å². The van der Waals surface area contributed by atoms with Crippen LogP contribution in [0.2, 0.25) is 0 Å². The third-order valence-corrected chi connectivity index (χ3v) is 17.0. The van der Waals surface area contributed by atoms with Crippen molar-refractivity contribution in [3.63, 3.8) is 0 Å². The van der Waals surface area contributed by atoms with Gasteiger partial charge in [0.15, 0.2) is 6.10 Å². The second-order valence-electron chi connectivity index (χ2n) is 25.1. The molecule has 12 rings (SSSR count). The summed E-state index contributed by atoms with van der Waals surface area (Å²) in [5, 5.41) is 70.7. The largest absolute Gasteiger partial charge is 0.870 e. The predicted octanol–water partition coefficient (Wildman–Crippen LogP) is 1.43. The number of hydrogen-bond donors (Lipinski definition) is 10. The molecule has 108 heavy (non-hydrogen) atoms. The van der Waals surface area contributed by atoms with Crippen LogP contribution in [0, 0.1) is 34.6 Å². The van der Waals surface area contributed by atoms with Gasteiger partial charge >= 0.3 is 29.8 Å². The third kappa shape index (κ3) is 25.3. The van der Waals surface area contributed by atoms with Crippen molar-refractivity contribution in [3.05, 3.63) is 147 Å². The molecule has 34 nitrogen and oxygen atoms in total. The topological polar surface area (TPSA) is 522 Å². The monoisotopic (exact) mass is 1520 g/mol. The molecule has 4 unspecified atom stereocenters. The molecule has 7 aliphatic rings. The smallest absolute Gasteiger partial charge is 0.308 e. The van der Waals surface area contributed by atoms with Crippen LogP contribution >= 0.6 is 0 Å². The van der Waals surface area contributed by atoms with E-state index in [0.717, 1.165) is 11.1 Å². The number of nitrogens with zero attached hydrogens (tertiary/aromatic N) is 3. The summed E-state index contributed by atoms with van der Waals surface area (Å²) in [7, 11) is 0. The summed E-state index contributed by atoms with van der Waals surface area (Å²) in [5.74, 6) is 0.133. The van der Waals surface area contributed by atoms with Gasteiger partial charge in [-0.15, -0.1) is 0 Å². The van der Waals surface area contributed by atoms with Gasteiger partial charge in [0.2, 0.25) is 17.7 Å². The zero-order chi connectivity index (χ0) is 77.5. The first kappa shape index (κ1) is 88.5. The number of carbonyl (C=O) groups excluding carboxylic acids is 7. The van der Waals surface area contributed by atoms with Gasteiger partial charge in [0.1, 0.15) is 78.9 Å². The molecule has 0 aromatic heterocycles. The Morgan fingerprint density at radius 2 is 0.926 bits per heavy atom. The van der Waals surface area contributed by atoms with Crippen LogP contribution in [0.4, 0.5) is 0 Å². The third-order valence-electron chi connectivity index (χ3n) is 17.0. The summed E-state index contributed by atoms with van der Waals surface area (Å²) in [5.41, 5.74) is 11.7. The van der Waals surface area contributed by atoms with Gasteiger partial charge in [0.25, 0.3) is 11.8 Å². The molecule has 5 aromatic carbocycles. The molecule has 12 atom stereocenters. The van der Waals surface area contributed by atoms with E-state index >= 15 is 0 Å². The van der Waals surface area contributed by atoms with Crippen molar-refractivity contribution in [2.24, 2.45) is 20.7 Å². The van der Waals surface area contributed by atoms with Crippen LogP contribution in [0.15, 0.2) is 106 Å². The minimum absolute atomic E-state index is 0. The van der Waals surface area contributed by atoms with Gasteiger partial charge in [-0.2, -0.15) is 0 Å². The first-order chi connectivity index (χ1) is 50.4. The quantitative estimate of drug-likeness (QED) is 0.0379. The second-order valence-corrected chi connectivity index (χ2v) is 25.1. The number of amides is 2. The van der Waals surface area contributed by atoms with Crippen LogP contribution in [-0.2, 0) is 72.1 Å². The van der Waals surface area contributed by atoms with Crippen LogP contribution in [0.5, 0.6) is 28.7 Å². The van der Waals surface area contributed by atoms with Gasteiger partial charge in [0, 0.05) is 90.3 Å². The zero-order valence-electron chi connectivity index (χ0n) is 61.4. The molecule has 15 N–H and O–H groups in total. The van der Waals surface area contributed by atoms with E-state index in [9.17, 15) is 59.1 Å². The predicted molar refractivity (Wildman–Crippen MR) is 385 cm³/mol. The molecule has 4 saturated heterocycles. The summed E-state index contributed by atoms with van der Waals surface area (Å²) in [6.45, 7) is 18.5. The maximum Gasteiger partial charge on any atom is 0.308 e.